The van der Waals surface area contributed by atoms with Gasteiger partial charge in [-0.2, -0.15) is 0 Å². The lowest BCUT2D eigenvalue weighted by Crippen LogP contribution is -2.37. The first-order chi connectivity index (χ1) is 8.49. The first-order valence-corrected chi connectivity index (χ1v) is 6.00. The minimum atomic E-state index is -1.23. The number of amides is 1. The van der Waals surface area contributed by atoms with Crippen LogP contribution in [0.2, 0.25) is 0 Å². The van der Waals surface area contributed by atoms with Crippen LogP contribution in [-0.4, -0.2) is 28.2 Å². The normalized spacial score (nSPS) is 27.1. The first kappa shape index (κ1) is 12.6. The lowest BCUT2D eigenvalue weighted by molar-refractivity contribution is 0.0651. The zero-order chi connectivity index (χ0) is 13.3. The summed E-state index contributed by atoms with van der Waals surface area (Å²) in [6, 6.07) is 1.26. The van der Waals surface area contributed by atoms with E-state index in [0.717, 1.165) is 18.9 Å². The summed E-state index contributed by atoms with van der Waals surface area (Å²) in [6.07, 6.45) is 2.03. The largest absolute Gasteiger partial charge is 0.475 e. The summed E-state index contributed by atoms with van der Waals surface area (Å²) in [5.74, 6) is -0.934. The number of carbonyl (C=O) groups is 2. The molecule has 3 atom stereocenters. The van der Waals surface area contributed by atoms with Gasteiger partial charge in [-0.25, -0.2) is 4.79 Å². The lowest BCUT2D eigenvalue weighted by atomic mass is 9.98. The van der Waals surface area contributed by atoms with Crippen LogP contribution in [0.25, 0.3) is 0 Å². The molecule has 3 unspecified atom stereocenters. The number of rotatable bonds is 3. The molecule has 0 bridgehead atoms. The van der Waals surface area contributed by atoms with Crippen LogP contribution in [0.4, 0.5) is 0 Å². The molecule has 1 aromatic rings. The van der Waals surface area contributed by atoms with E-state index < -0.39 is 5.97 Å². The van der Waals surface area contributed by atoms with Crippen LogP contribution >= 0.6 is 0 Å². The van der Waals surface area contributed by atoms with Gasteiger partial charge in [-0.15, -0.1) is 0 Å². The van der Waals surface area contributed by atoms with Gasteiger partial charge in [-0.05, 0) is 24.7 Å². The van der Waals surface area contributed by atoms with E-state index >= 15 is 0 Å². The quantitative estimate of drug-likeness (QED) is 0.851. The molecule has 1 aliphatic carbocycles. The predicted molar refractivity (Wildman–Crippen MR) is 62.3 cm³/mol. The standard InChI is InChI=1S/C12H16N2O4/c1-6-3-4-8(7(6)2)13-11(15)9-5-10(12(16)17)18-14-9/h5-8H,3-4H2,1-2H3,(H,13,15)(H,16,17). The highest BCUT2D eigenvalue weighted by atomic mass is 16.5. The van der Waals surface area contributed by atoms with E-state index in [1.54, 1.807) is 0 Å². The Balaban J connectivity index is 2.01. The number of nitrogens with zero attached hydrogens (tertiary/aromatic N) is 1. The molecule has 0 aliphatic heterocycles. The molecular formula is C12H16N2O4. The van der Waals surface area contributed by atoms with Gasteiger partial charge in [0.05, 0.1) is 0 Å². The highest BCUT2D eigenvalue weighted by Gasteiger charge is 2.31. The number of carbonyl (C=O) groups excluding carboxylic acids is 1. The fraction of sp³-hybridized carbons (Fsp3) is 0.583. The van der Waals surface area contributed by atoms with E-state index in [1.165, 1.54) is 0 Å². The van der Waals surface area contributed by atoms with E-state index in [-0.39, 0.29) is 23.4 Å². The van der Waals surface area contributed by atoms with Gasteiger partial charge in [0.2, 0.25) is 5.76 Å². The monoisotopic (exact) mass is 252 g/mol. The van der Waals surface area contributed by atoms with Crippen molar-refractivity contribution in [2.75, 3.05) is 0 Å². The zero-order valence-corrected chi connectivity index (χ0v) is 10.3. The third-order valence-corrected chi connectivity index (χ3v) is 3.74. The Bertz CT molecular complexity index is 468. The topological polar surface area (TPSA) is 92.4 Å². The van der Waals surface area contributed by atoms with Crippen LogP contribution in [0.3, 0.4) is 0 Å². The summed E-state index contributed by atoms with van der Waals surface area (Å²) < 4.78 is 4.55. The Morgan fingerprint density at radius 3 is 2.67 bits per heavy atom. The van der Waals surface area contributed by atoms with E-state index in [0.29, 0.717) is 11.8 Å². The number of hydrogen-bond donors (Lipinski definition) is 2. The Hall–Kier alpha value is -1.85. The Kier molecular flexibility index (Phi) is 3.36. The minimum absolute atomic E-state index is 0.0131. The van der Waals surface area contributed by atoms with Gasteiger partial charge in [0.1, 0.15) is 0 Å². The third-order valence-electron chi connectivity index (χ3n) is 3.74. The molecule has 1 amide bonds. The van der Waals surface area contributed by atoms with Gasteiger partial charge in [-0.3, -0.25) is 4.79 Å². The number of carboxylic acid groups (broad SMARTS) is 1. The summed E-state index contributed by atoms with van der Waals surface area (Å²) in [7, 11) is 0. The summed E-state index contributed by atoms with van der Waals surface area (Å²) in [4.78, 5) is 22.5. The SMILES string of the molecule is CC1CCC(NC(=O)c2cc(C(=O)O)on2)C1C. The Morgan fingerprint density at radius 1 is 1.44 bits per heavy atom. The van der Waals surface area contributed by atoms with Crippen molar-refractivity contribution < 1.29 is 19.2 Å². The maximum absolute atomic E-state index is 11.9. The van der Waals surface area contributed by atoms with Crippen LogP contribution in [0.15, 0.2) is 10.6 Å². The molecule has 1 saturated carbocycles. The van der Waals surface area contributed by atoms with Crippen molar-refractivity contribution in [3.8, 4) is 0 Å². The van der Waals surface area contributed by atoms with E-state index in [4.69, 9.17) is 5.11 Å². The fourth-order valence-corrected chi connectivity index (χ4v) is 2.29. The molecule has 18 heavy (non-hydrogen) atoms. The van der Waals surface area contributed by atoms with Crippen molar-refractivity contribution in [2.24, 2.45) is 11.8 Å². The highest BCUT2D eigenvalue weighted by molar-refractivity contribution is 5.94. The van der Waals surface area contributed by atoms with Crippen LogP contribution < -0.4 is 5.32 Å². The van der Waals surface area contributed by atoms with Crippen molar-refractivity contribution in [3.63, 3.8) is 0 Å². The highest BCUT2D eigenvalue weighted by Crippen LogP contribution is 2.31. The molecular weight excluding hydrogens is 236 g/mol. The zero-order valence-electron chi connectivity index (χ0n) is 10.3. The molecule has 6 nitrogen and oxygen atoms in total. The predicted octanol–water partition coefficient (Wildman–Crippen LogP) is 1.54. The molecule has 1 aliphatic rings. The maximum atomic E-state index is 11.9. The average molecular weight is 252 g/mol. The molecule has 6 heteroatoms. The van der Waals surface area contributed by atoms with Crippen molar-refractivity contribution in [2.45, 2.75) is 32.7 Å². The molecule has 2 N–H and O–H groups in total. The minimum Gasteiger partial charge on any atom is -0.475 e. The van der Waals surface area contributed by atoms with Gasteiger partial charge >= 0.3 is 5.97 Å². The summed E-state index contributed by atoms with van der Waals surface area (Å²) >= 11 is 0. The van der Waals surface area contributed by atoms with Crippen LogP contribution in [0, 0.1) is 11.8 Å². The van der Waals surface area contributed by atoms with E-state index in [1.807, 2.05) is 0 Å². The Labute approximate surface area is 104 Å². The number of aromatic nitrogens is 1. The maximum Gasteiger partial charge on any atom is 0.374 e. The molecule has 2 rings (SSSR count). The molecule has 0 aromatic carbocycles. The van der Waals surface area contributed by atoms with E-state index in [2.05, 4.69) is 28.8 Å². The summed E-state index contributed by atoms with van der Waals surface area (Å²) in [5, 5.41) is 15.0. The van der Waals surface area contributed by atoms with E-state index in [9.17, 15) is 9.59 Å². The lowest BCUT2D eigenvalue weighted by Gasteiger charge is -2.18. The number of nitrogens with one attached hydrogen (secondary N) is 1. The first-order valence-electron chi connectivity index (χ1n) is 6.00. The van der Waals surface area contributed by atoms with Gasteiger partial charge in [0, 0.05) is 12.1 Å². The molecule has 0 spiro atoms. The molecule has 0 radical (unpaired) electrons. The second kappa shape index (κ2) is 4.80. The molecule has 1 heterocycles. The smallest absolute Gasteiger partial charge is 0.374 e. The van der Waals surface area contributed by atoms with Gasteiger partial charge < -0.3 is 14.9 Å². The third kappa shape index (κ3) is 2.37. The van der Waals surface area contributed by atoms with Crippen molar-refractivity contribution >= 4 is 11.9 Å². The van der Waals surface area contributed by atoms with Crippen molar-refractivity contribution in [3.05, 3.63) is 17.5 Å². The summed E-state index contributed by atoms with van der Waals surface area (Å²) in [5.41, 5.74) is 0.0131. The second-order valence-electron chi connectivity index (χ2n) is 4.88. The van der Waals surface area contributed by atoms with Crippen LogP contribution in [-0.2, 0) is 0 Å². The molecule has 1 fully saturated rings. The molecule has 0 saturated heterocycles. The van der Waals surface area contributed by atoms with Gasteiger partial charge in [-0.1, -0.05) is 19.0 Å². The number of hydrogen-bond acceptors (Lipinski definition) is 4. The molecule has 98 valence electrons. The van der Waals surface area contributed by atoms with Crippen molar-refractivity contribution in [1.82, 2.24) is 10.5 Å². The average Bonchev–Trinajstić information content (AvgIpc) is 2.91. The summed E-state index contributed by atoms with van der Waals surface area (Å²) in [6.45, 7) is 4.27. The molecule has 1 aromatic heterocycles. The second-order valence-corrected chi connectivity index (χ2v) is 4.88. The van der Waals surface area contributed by atoms with Crippen LogP contribution in [0.5, 0.6) is 0 Å². The number of carboxylic acids is 1. The Morgan fingerprint density at radius 2 is 2.17 bits per heavy atom. The van der Waals surface area contributed by atoms with Crippen LogP contribution in [0.1, 0.15) is 47.7 Å². The fourth-order valence-electron chi connectivity index (χ4n) is 2.29. The van der Waals surface area contributed by atoms with Gasteiger partial charge in [0.15, 0.2) is 5.69 Å². The number of aromatic carboxylic acids is 1. The van der Waals surface area contributed by atoms with Crippen molar-refractivity contribution in [1.29, 1.82) is 0 Å². The van der Waals surface area contributed by atoms with Gasteiger partial charge in [0.25, 0.3) is 5.91 Å².